The van der Waals surface area contributed by atoms with E-state index in [2.05, 4.69) is 110 Å². The molecule has 2 atom stereocenters. The Morgan fingerprint density at radius 3 is 1.95 bits per heavy atom. The average molecular weight is 532 g/mol. The topological polar surface area (TPSA) is 3.24 Å². The number of nitrogens with zero attached hydrogens (tertiary/aromatic N) is 1. The van der Waals surface area contributed by atoms with Crippen LogP contribution in [0, 0.1) is 11.7 Å². The quantitative estimate of drug-likeness (QED) is 0.205. The number of hydrogen-bond donors (Lipinski definition) is 0. The van der Waals surface area contributed by atoms with Crippen molar-refractivity contribution in [3.05, 3.63) is 162 Å². The molecule has 0 fully saturated rings. The largest absolute Gasteiger partial charge is 0.307 e. The molecule has 8 rings (SSSR count). The molecular formula is C39H30FN. The molecule has 0 saturated carbocycles. The Labute approximate surface area is 240 Å². The molecule has 0 aliphatic heterocycles. The first kappa shape index (κ1) is 24.1. The van der Waals surface area contributed by atoms with E-state index in [9.17, 15) is 0 Å². The third-order valence-electron chi connectivity index (χ3n) is 9.38. The molecule has 0 bridgehead atoms. The van der Waals surface area contributed by atoms with Gasteiger partial charge in [0.1, 0.15) is 5.82 Å². The third-order valence-corrected chi connectivity index (χ3v) is 9.38. The van der Waals surface area contributed by atoms with Gasteiger partial charge in [0.2, 0.25) is 0 Å². The molecule has 2 heteroatoms. The lowest BCUT2D eigenvalue weighted by atomic mass is 9.69. The van der Waals surface area contributed by atoms with E-state index in [0.29, 0.717) is 5.69 Å². The monoisotopic (exact) mass is 531 g/mol. The van der Waals surface area contributed by atoms with E-state index in [1.807, 2.05) is 30.3 Å². The van der Waals surface area contributed by atoms with Gasteiger partial charge in [-0.3, -0.25) is 0 Å². The molecule has 0 amide bonds. The minimum absolute atomic E-state index is 0.153. The Bertz CT molecular complexity index is 2000. The molecule has 0 saturated heterocycles. The SMILES string of the molecule is CC1(C)c2c(c3ccccc3c3ccccc23)C2c3ccccc3C(N(c3ccccc3)c3ccccc3F)=CC21. The number of anilines is 2. The second kappa shape index (κ2) is 8.91. The predicted molar refractivity (Wildman–Crippen MR) is 169 cm³/mol. The van der Waals surface area contributed by atoms with Gasteiger partial charge in [-0.15, -0.1) is 0 Å². The van der Waals surface area contributed by atoms with E-state index in [0.717, 1.165) is 16.9 Å². The van der Waals surface area contributed by atoms with Crippen LogP contribution in [-0.2, 0) is 5.41 Å². The lowest BCUT2D eigenvalue weighted by molar-refractivity contribution is 0.391. The summed E-state index contributed by atoms with van der Waals surface area (Å²) >= 11 is 0. The van der Waals surface area contributed by atoms with Crippen LogP contribution < -0.4 is 4.90 Å². The molecule has 0 radical (unpaired) electrons. The fourth-order valence-electron chi connectivity index (χ4n) is 7.68. The molecule has 2 unspecified atom stereocenters. The van der Waals surface area contributed by atoms with Crippen molar-refractivity contribution in [1.82, 2.24) is 0 Å². The van der Waals surface area contributed by atoms with Crippen LogP contribution in [0.25, 0.3) is 27.2 Å². The molecule has 2 aliphatic rings. The van der Waals surface area contributed by atoms with Crippen molar-refractivity contribution in [3.63, 3.8) is 0 Å². The molecule has 41 heavy (non-hydrogen) atoms. The second-order valence-corrected chi connectivity index (χ2v) is 11.9. The molecule has 2 aliphatic carbocycles. The van der Waals surface area contributed by atoms with E-state index in [1.165, 1.54) is 38.2 Å². The van der Waals surface area contributed by atoms with Gasteiger partial charge in [0.25, 0.3) is 0 Å². The van der Waals surface area contributed by atoms with Crippen molar-refractivity contribution in [2.24, 2.45) is 5.92 Å². The van der Waals surface area contributed by atoms with E-state index in [4.69, 9.17) is 0 Å². The van der Waals surface area contributed by atoms with Gasteiger partial charge >= 0.3 is 0 Å². The van der Waals surface area contributed by atoms with Gasteiger partial charge in [0.05, 0.1) is 11.4 Å². The minimum Gasteiger partial charge on any atom is -0.307 e. The number of allylic oxidation sites excluding steroid dienone is 1. The van der Waals surface area contributed by atoms with E-state index in [-0.39, 0.29) is 23.1 Å². The van der Waals surface area contributed by atoms with Crippen LogP contribution in [0.5, 0.6) is 0 Å². The Hall–Kier alpha value is -4.69. The summed E-state index contributed by atoms with van der Waals surface area (Å²) in [6.07, 6.45) is 2.44. The highest BCUT2D eigenvalue weighted by Crippen LogP contribution is 2.61. The highest BCUT2D eigenvalue weighted by Gasteiger charge is 2.50. The third kappa shape index (κ3) is 3.40. The van der Waals surface area contributed by atoms with Crippen LogP contribution in [0.2, 0.25) is 0 Å². The summed E-state index contributed by atoms with van der Waals surface area (Å²) in [6, 6.07) is 43.8. The summed E-state index contributed by atoms with van der Waals surface area (Å²) in [4.78, 5) is 2.11. The van der Waals surface area contributed by atoms with Crippen molar-refractivity contribution in [1.29, 1.82) is 0 Å². The van der Waals surface area contributed by atoms with Crippen LogP contribution in [0.3, 0.4) is 0 Å². The van der Waals surface area contributed by atoms with Crippen molar-refractivity contribution in [2.75, 3.05) is 4.90 Å². The molecule has 0 spiro atoms. The van der Waals surface area contributed by atoms with Crippen LogP contribution in [0.4, 0.5) is 15.8 Å². The molecule has 1 nitrogen and oxygen atoms in total. The minimum atomic E-state index is -0.234. The van der Waals surface area contributed by atoms with Gasteiger partial charge in [-0.1, -0.05) is 123 Å². The first-order valence-electron chi connectivity index (χ1n) is 14.4. The lowest BCUT2D eigenvalue weighted by Gasteiger charge is -2.39. The highest BCUT2D eigenvalue weighted by atomic mass is 19.1. The normalized spacial score (nSPS) is 18.5. The summed E-state index contributed by atoms with van der Waals surface area (Å²) in [5.41, 5.74) is 7.72. The number of benzene rings is 6. The zero-order valence-corrected chi connectivity index (χ0v) is 23.2. The Morgan fingerprint density at radius 1 is 0.610 bits per heavy atom. The van der Waals surface area contributed by atoms with Crippen molar-refractivity contribution < 1.29 is 4.39 Å². The molecule has 6 aromatic rings. The maximum atomic E-state index is 15.6. The standard InChI is InChI=1S/C39H30FN/c1-39(2)32-24-35(41(25-14-4-3-5-15-25)34-23-13-12-22-33(34)40)28-18-8-10-20-30(28)36(32)37-29-19-9-6-16-26(29)27-17-7-11-21-31(27)38(37)39/h3-24,32,36H,1-2H3. The van der Waals surface area contributed by atoms with Gasteiger partial charge in [-0.2, -0.15) is 0 Å². The van der Waals surface area contributed by atoms with Crippen LogP contribution >= 0.6 is 0 Å². The smallest absolute Gasteiger partial charge is 0.147 e. The van der Waals surface area contributed by atoms with Gasteiger partial charge in [0.15, 0.2) is 0 Å². The van der Waals surface area contributed by atoms with E-state index >= 15 is 4.39 Å². The second-order valence-electron chi connectivity index (χ2n) is 11.9. The fraction of sp³-hybridized carbons (Fsp3) is 0.128. The Balaban J connectivity index is 1.46. The van der Waals surface area contributed by atoms with Crippen molar-refractivity contribution >= 4 is 38.6 Å². The zero-order chi connectivity index (χ0) is 27.7. The van der Waals surface area contributed by atoms with Crippen LogP contribution in [0.1, 0.15) is 42.0 Å². The highest BCUT2D eigenvalue weighted by molar-refractivity contribution is 6.12. The number of hydrogen-bond acceptors (Lipinski definition) is 1. The van der Waals surface area contributed by atoms with Gasteiger partial charge in [0, 0.05) is 17.2 Å². The van der Waals surface area contributed by atoms with Gasteiger partial charge in [-0.25, -0.2) is 4.39 Å². The maximum absolute atomic E-state index is 15.6. The summed E-state index contributed by atoms with van der Waals surface area (Å²) < 4.78 is 15.6. The molecule has 198 valence electrons. The molecule has 0 heterocycles. The van der Waals surface area contributed by atoms with Crippen molar-refractivity contribution in [2.45, 2.75) is 25.2 Å². The first-order chi connectivity index (χ1) is 20.1. The first-order valence-corrected chi connectivity index (χ1v) is 14.4. The van der Waals surface area contributed by atoms with E-state index < -0.39 is 0 Å². The van der Waals surface area contributed by atoms with Crippen LogP contribution in [0.15, 0.2) is 133 Å². The Kier molecular flexibility index (Phi) is 5.24. The summed E-state index contributed by atoms with van der Waals surface area (Å²) in [5, 5.41) is 5.29. The number of fused-ring (bicyclic) bond motifs is 10. The lowest BCUT2D eigenvalue weighted by Crippen LogP contribution is -2.30. The summed E-state index contributed by atoms with van der Waals surface area (Å²) in [6.45, 7) is 4.80. The molecule has 0 N–H and O–H groups in total. The fourth-order valence-corrected chi connectivity index (χ4v) is 7.68. The molecule has 0 aromatic heterocycles. The van der Waals surface area contributed by atoms with E-state index in [1.54, 1.807) is 12.1 Å². The molecule has 6 aromatic carbocycles. The summed E-state index contributed by atoms with van der Waals surface area (Å²) in [7, 11) is 0. The predicted octanol–water partition coefficient (Wildman–Crippen LogP) is 10.4. The van der Waals surface area contributed by atoms with Gasteiger partial charge < -0.3 is 4.90 Å². The Morgan fingerprint density at radius 2 is 1.20 bits per heavy atom. The number of rotatable bonds is 3. The average Bonchev–Trinajstić information content (AvgIpc) is 3.26. The maximum Gasteiger partial charge on any atom is 0.147 e. The van der Waals surface area contributed by atoms with Gasteiger partial charge in [-0.05, 0) is 73.8 Å². The molecular weight excluding hydrogens is 501 g/mol. The summed E-state index contributed by atoms with van der Waals surface area (Å²) in [5.74, 6) is 0.158. The zero-order valence-electron chi connectivity index (χ0n) is 23.2. The number of para-hydroxylation sites is 2. The number of halogens is 1. The van der Waals surface area contributed by atoms with Crippen molar-refractivity contribution in [3.8, 4) is 0 Å². The van der Waals surface area contributed by atoms with Crippen LogP contribution in [-0.4, -0.2) is 0 Å².